The van der Waals surface area contributed by atoms with Gasteiger partial charge in [-0.3, -0.25) is 9.69 Å². The van der Waals surface area contributed by atoms with Crippen LogP contribution < -0.4 is 5.56 Å². The van der Waals surface area contributed by atoms with E-state index < -0.39 is 0 Å². The topological polar surface area (TPSA) is 62.1 Å². The normalized spacial score (nSPS) is 11.7. The molecule has 0 saturated carbocycles. The molecule has 0 saturated heterocycles. The Labute approximate surface area is 159 Å². The molecule has 5 nitrogen and oxygen atoms in total. The van der Waals surface area contributed by atoms with E-state index in [1.807, 2.05) is 42.3 Å². The number of halogens is 2. The summed E-state index contributed by atoms with van der Waals surface area (Å²) in [5.74, 6) is 0.571. The van der Waals surface area contributed by atoms with Gasteiger partial charge in [0.05, 0.1) is 6.54 Å². The fraction of sp³-hybridized carbons (Fsp3) is 0.158. The fourth-order valence-electron chi connectivity index (χ4n) is 2.97. The Morgan fingerprint density at radius 2 is 1.96 bits per heavy atom. The van der Waals surface area contributed by atoms with Crippen LogP contribution in [0.15, 0.2) is 51.7 Å². The first-order valence-corrected chi connectivity index (χ1v) is 8.80. The number of nitrogens with one attached hydrogen (secondary N) is 1. The molecule has 0 amide bonds. The average Bonchev–Trinajstić information content (AvgIpc) is 2.97. The maximum Gasteiger partial charge on any atom is 0.294 e. The molecule has 0 fully saturated rings. The summed E-state index contributed by atoms with van der Waals surface area (Å²) in [6.07, 6.45) is 0. The van der Waals surface area contributed by atoms with Crippen molar-refractivity contribution in [1.29, 1.82) is 0 Å². The van der Waals surface area contributed by atoms with Gasteiger partial charge in [0.2, 0.25) is 5.58 Å². The van der Waals surface area contributed by atoms with Crippen LogP contribution >= 0.6 is 23.2 Å². The number of nitrogens with zero attached hydrogens (tertiary/aromatic N) is 2. The number of hydrogen-bond donors (Lipinski definition) is 1. The lowest BCUT2D eigenvalue weighted by atomic mass is 10.2. The van der Waals surface area contributed by atoms with Crippen molar-refractivity contribution in [1.82, 2.24) is 14.9 Å². The van der Waals surface area contributed by atoms with Gasteiger partial charge in [-0.05, 0) is 36.9 Å². The third-order valence-electron chi connectivity index (χ3n) is 4.16. The average molecular weight is 388 g/mol. The lowest BCUT2D eigenvalue weighted by Gasteiger charge is -2.17. The summed E-state index contributed by atoms with van der Waals surface area (Å²) in [6.45, 7) is 1.06. The van der Waals surface area contributed by atoms with Crippen LogP contribution in [0.1, 0.15) is 11.4 Å². The molecule has 2 aromatic carbocycles. The molecule has 26 heavy (non-hydrogen) atoms. The van der Waals surface area contributed by atoms with Crippen molar-refractivity contribution in [2.45, 2.75) is 13.1 Å². The molecule has 2 heterocycles. The van der Waals surface area contributed by atoms with Crippen molar-refractivity contribution in [3.05, 3.63) is 74.3 Å². The maximum atomic E-state index is 12.4. The SMILES string of the molecule is CN(Cc1nc2c(oc3ccccc32)c(=O)[nH]1)Cc1ccc(Cl)cc1Cl. The maximum absolute atomic E-state index is 12.4. The van der Waals surface area contributed by atoms with Gasteiger partial charge in [-0.25, -0.2) is 4.98 Å². The molecule has 7 heteroatoms. The molecular weight excluding hydrogens is 373 g/mol. The van der Waals surface area contributed by atoms with Crippen LogP contribution in [0.4, 0.5) is 0 Å². The van der Waals surface area contributed by atoms with E-state index in [0.717, 1.165) is 10.9 Å². The van der Waals surface area contributed by atoms with Crippen LogP contribution in [-0.2, 0) is 13.1 Å². The Bertz CT molecular complexity index is 1170. The highest BCUT2D eigenvalue weighted by molar-refractivity contribution is 6.35. The smallest absolute Gasteiger partial charge is 0.294 e. The zero-order valence-electron chi connectivity index (χ0n) is 13.9. The molecule has 0 radical (unpaired) electrons. The van der Waals surface area contributed by atoms with Gasteiger partial charge in [-0.2, -0.15) is 0 Å². The number of H-pyrrole nitrogens is 1. The Balaban J connectivity index is 1.64. The zero-order chi connectivity index (χ0) is 18.3. The summed E-state index contributed by atoms with van der Waals surface area (Å²) in [4.78, 5) is 21.8. The quantitative estimate of drug-likeness (QED) is 0.555. The van der Waals surface area contributed by atoms with E-state index in [1.54, 1.807) is 12.1 Å². The van der Waals surface area contributed by atoms with E-state index in [9.17, 15) is 4.79 Å². The Hall–Kier alpha value is -2.34. The number of furan rings is 1. The Morgan fingerprint density at radius 3 is 2.77 bits per heavy atom. The molecule has 1 N–H and O–H groups in total. The number of benzene rings is 2. The highest BCUT2D eigenvalue weighted by Gasteiger charge is 2.14. The number of rotatable bonds is 4. The minimum absolute atomic E-state index is 0.248. The lowest BCUT2D eigenvalue weighted by molar-refractivity contribution is 0.310. The van der Waals surface area contributed by atoms with Crippen molar-refractivity contribution in [2.24, 2.45) is 0 Å². The van der Waals surface area contributed by atoms with Crippen molar-refractivity contribution < 1.29 is 4.42 Å². The second kappa shape index (κ2) is 6.76. The van der Waals surface area contributed by atoms with E-state index in [1.165, 1.54) is 0 Å². The first kappa shape index (κ1) is 17.1. The van der Waals surface area contributed by atoms with E-state index >= 15 is 0 Å². The molecule has 0 atom stereocenters. The van der Waals surface area contributed by atoms with Gasteiger partial charge >= 0.3 is 0 Å². The zero-order valence-corrected chi connectivity index (χ0v) is 15.4. The highest BCUT2D eigenvalue weighted by atomic mass is 35.5. The van der Waals surface area contributed by atoms with Gasteiger partial charge in [0.15, 0.2) is 0 Å². The van der Waals surface area contributed by atoms with E-state index in [-0.39, 0.29) is 11.1 Å². The number of hydrogen-bond acceptors (Lipinski definition) is 4. The number of fused-ring (bicyclic) bond motifs is 3. The predicted molar refractivity (Wildman–Crippen MR) is 104 cm³/mol. The van der Waals surface area contributed by atoms with Crippen LogP contribution in [0.25, 0.3) is 22.1 Å². The van der Waals surface area contributed by atoms with Gasteiger partial charge in [-0.1, -0.05) is 41.4 Å². The summed E-state index contributed by atoms with van der Waals surface area (Å²) in [5.41, 5.74) is 2.16. The summed E-state index contributed by atoms with van der Waals surface area (Å²) in [7, 11) is 1.93. The van der Waals surface area contributed by atoms with Crippen LogP contribution in [-0.4, -0.2) is 21.9 Å². The largest absolute Gasteiger partial charge is 0.449 e. The standard InChI is InChI=1S/C19H15Cl2N3O2/c1-24(9-11-6-7-12(20)8-14(11)21)10-16-22-17-13-4-2-3-5-15(13)26-18(17)19(25)23-16/h2-8H,9-10H2,1H3,(H,22,23,25). The fourth-order valence-corrected chi connectivity index (χ4v) is 3.44. The molecule has 0 unspecified atom stereocenters. The Morgan fingerprint density at radius 1 is 1.15 bits per heavy atom. The monoisotopic (exact) mass is 387 g/mol. The van der Waals surface area contributed by atoms with Crippen molar-refractivity contribution in [3.63, 3.8) is 0 Å². The summed E-state index contributed by atoms with van der Waals surface area (Å²) >= 11 is 12.2. The van der Waals surface area contributed by atoms with Crippen molar-refractivity contribution >= 4 is 45.3 Å². The molecular formula is C19H15Cl2N3O2. The second-order valence-electron chi connectivity index (χ2n) is 6.20. The third-order valence-corrected chi connectivity index (χ3v) is 4.74. The molecule has 0 bridgehead atoms. The Kier molecular flexibility index (Phi) is 4.44. The summed E-state index contributed by atoms with van der Waals surface area (Å²) < 4.78 is 5.62. The summed E-state index contributed by atoms with van der Waals surface area (Å²) in [5, 5.41) is 2.05. The van der Waals surface area contributed by atoms with Gasteiger partial charge in [0.1, 0.15) is 16.9 Å². The highest BCUT2D eigenvalue weighted by Crippen LogP contribution is 2.25. The van der Waals surface area contributed by atoms with Crippen LogP contribution in [0.5, 0.6) is 0 Å². The number of para-hydroxylation sites is 1. The van der Waals surface area contributed by atoms with Gasteiger partial charge < -0.3 is 9.40 Å². The molecule has 0 aliphatic carbocycles. The minimum atomic E-state index is -0.279. The molecule has 4 rings (SSSR count). The van der Waals surface area contributed by atoms with Gasteiger partial charge in [0, 0.05) is 22.0 Å². The van der Waals surface area contributed by atoms with Crippen LogP contribution in [0.2, 0.25) is 10.0 Å². The number of aromatic amines is 1. The predicted octanol–water partition coefficient (Wildman–Crippen LogP) is 4.61. The first-order chi connectivity index (χ1) is 12.5. The second-order valence-corrected chi connectivity index (χ2v) is 7.04. The molecule has 2 aromatic heterocycles. The lowest BCUT2D eigenvalue weighted by Crippen LogP contribution is -2.21. The molecule has 0 spiro atoms. The van der Waals surface area contributed by atoms with E-state index in [2.05, 4.69) is 9.97 Å². The van der Waals surface area contributed by atoms with Gasteiger partial charge in [-0.15, -0.1) is 0 Å². The molecule has 0 aliphatic heterocycles. The van der Waals surface area contributed by atoms with Gasteiger partial charge in [0.25, 0.3) is 5.56 Å². The molecule has 4 aromatic rings. The third kappa shape index (κ3) is 3.21. The number of aromatic nitrogens is 2. The van der Waals surface area contributed by atoms with Crippen molar-refractivity contribution in [3.8, 4) is 0 Å². The minimum Gasteiger partial charge on any atom is -0.449 e. The molecule has 132 valence electrons. The van der Waals surface area contributed by atoms with E-state index in [0.29, 0.717) is 40.1 Å². The van der Waals surface area contributed by atoms with Crippen LogP contribution in [0, 0.1) is 0 Å². The molecule has 0 aliphatic rings. The van der Waals surface area contributed by atoms with Crippen LogP contribution in [0.3, 0.4) is 0 Å². The van der Waals surface area contributed by atoms with Crippen molar-refractivity contribution in [2.75, 3.05) is 7.05 Å². The van der Waals surface area contributed by atoms with E-state index in [4.69, 9.17) is 27.6 Å². The summed E-state index contributed by atoms with van der Waals surface area (Å²) in [6, 6.07) is 12.9. The first-order valence-electron chi connectivity index (χ1n) is 8.04.